The van der Waals surface area contributed by atoms with Gasteiger partial charge in [0, 0.05) is 22.4 Å². The summed E-state index contributed by atoms with van der Waals surface area (Å²) < 4.78 is 2.29. The zero-order valence-electron chi connectivity index (χ0n) is 7.49. The molecule has 0 aromatic carbocycles. The van der Waals surface area contributed by atoms with E-state index in [0.29, 0.717) is 0 Å². The van der Waals surface area contributed by atoms with Crippen LogP contribution in [0.15, 0.2) is 33.8 Å². The average Bonchev–Trinajstić information content (AvgIpc) is 2.45. The van der Waals surface area contributed by atoms with Gasteiger partial charge < -0.3 is 0 Å². The van der Waals surface area contributed by atoms with Crippen molar-refractivity contribution in [2.75, 3.05) is 0 Å². The summed E-state index contributed by atoms with van der Waals surface area (Å²) in [7, 11) is 0. The summed E-state index contributed by atoms with van der Waals surface area (Å²) in [6, 6.07) is 3.37. The van der Waals surface area contributed by atoms with Gasteiger partial charge in [0.25, 0.3) is 5.56 Å². The minimum atomic E-state index is -0.0811. The van der Waals surface area contributed by atoms with Crippen molar-refractivity contribution >= 4 is 15.9 Å². The summed E-state index contributed by atoms with van der Waals surface area (Å²) in [5.74, 6) is 0. The lowest BCUT2D eigenvalue weighted by Gasteiger charge is -2.00. The third-order valence-electron chi connectivity index (χ3n) is 1.80. The third kappa shape index (κ3) is 1.63. The van der Waals surface area contributed by atoms with Crippen LogP contribution in [0, 0.1) is 6.92 Å². The molecule has 5 heteroatoms. The van der Waals surface area contributed by atoms with Crippen LogP contribution in [0.5, 0.6) is 0 Å². The molecule has 0 amide bonds. The van der Waals surface area contributed by atoms with E-state index < -0.39 is 0 Å². The first kappa shape index (κ1) is 9.21. The van der Waals surface area contributed by atoms with E-state index in [1.54, 1.807) is 18.5 Å². The van der Waals surface area contributed by atoms with E-state index in [9.17, 15) is 4.79 Å². The van der Waals surface area contributed by atoms with Gasteiger partial charge in [0.2, 0.25) is 0 Å². The van der Waals surface area contributed by atoms with Crippen LogP contribution in [0.3, 0.4) is 0 Å². The van der Waals surface area contributed by atoms with Crippen LogP contribution in [-0.4, -0.2) is 14.8 Å². The van der Waals surface area contributed by atoms with Crippen LogP contribution in [-0.2, 0) is 0 Å². The molecular formula is C9H8BrN3O. The predicted molar refractivity (Wildman–Crippen MR) is 56.6 cm³/mol. The highest BCUT2D eigenvalue weighted by atomic mass is 79.9. The third-order valence-corrected chi connectivity index (χ3v) is 2.23. The number of halogens is 1. The average molecular weight is 254 g/mol. The zero-order chi connectivity index (χ0) is 10.1. The number of H-pyrrole nitrogens is 1. The Kier molecular flexibility index (Phi) is 2.25. The molecule has 72 valence electrons. The second-order valence-corrected chi connectivity index (χ2v) is 3.89. The number of pyridine rings is 1. The van der Waals surface area contributed by atoms with Crippen molar-refractivity contribution in [3.63, 3.8) is 0 Å². The fraction of sp³-hybridized carbons (Fsp3) is 0.111. The van der Waals surface area contributed by atoms with Crippen molar-refractivity contribution < 1.29 is 0 Å². The molecule has 0 unspecified atom stereocenters. The summed E-state index contributed by atoms with van der Waals surface area (Å²) >= 11 is 3.30. The van der Waals surface area contributed by atoms with E-state index >= 15 is 0 Å². The van der Waals surface area contributed by atoms with E-state index in [2.05, 4.69) is 26.0 Å². The van der Waals surface area contributed by atoms with Gasteiger partial charge in [0.1, 0.15) is 0 Å². The van der Waals surface area contributed by atoms with Gasteiger partial charge in [-0.2, -0.15) is 0 Å². The number of rotatable bonds is 1. The molecule has 0 radical (unpaired) electrons. The first-order chi connectivity index (χ1) is 6.66. The maximum Gasteiger partial charge on any atom is 0.271 e. The second kappa shape index (κ2) is 3.42. The van der Waals surface area contributed by atoms with Gasteiger partial charge in [-0.15, -0.1) is 0 Å². The van der Waals surface area contributed by atoms with Gasteiger partial charge in [0.15, 0.2) is 0 Å². The molecule has 0 atom stereocenters. The van der Waals surface area contributed by atoms with E-state index in [1.165, 1.54) is 4.68 Å². The summed E-state index contributed by atoms with van der Waals surface area (Å²) in [5, 5.41) is 2.93. The topological polar surface area (TPSA) is 50.7 Å². The Morgan fingerprint density at radius 1 is 1.43 bits per heavy atom. The van der Waals surface area contributed by atoms with Crippen molar-refractivity contribution in [2.24, 2.45) is 0 Å². The maximum atomic E-state index is 11.4. The van der Waals surface area contributed by atoms with Crippen LogP contribution in [0.2, 0.25) is 0 Å². The first-order valence-corrected chi connectivity index (χ1v) is 4.86. The fourth-order valence-electron chi connectivity index (χ4n) is 1.23. The van der Waals surface area contributed by atoms with E-state index in [-0.39, 0.29) is 5.56 Å². The van der Waals surface area contributed by atoms with E-state index in [4.69, 9.17) is 0 Å². The normalized spacial score (nSPS) is 10.4. The Hall–Kier alpha value is -1.36. The Morgan fingerprint density at radius 3 is 2.79 bits per heavy atom. The maximum absolute atomic E-state index is 11.4. The van der Waals surface area contributed by atoms with Crippen LogP contribution in [0.4, 0.5) is 0 Å². The highest BCUT2D eigenvalue weighted by Gasteiger charge is 2.02. The number of nitrogens with one attached hydrogen (secondary N) is 1. The smallest absolute Gasteiger partial charge is 0.271 e. The molecule has 0 aliphatic carbocycles. The Labute approximate surface area is 88.7 Å². The Bertz CT molecular complexity index is 515. The summed E-state index contributed by atoms with van der Waals surface area (Å²) in [5.41, 5.74) is 1.47. The summed E-state index contributed by atoms with van der Waals surface area (Å²) in [4.78, 5) is 15.4. The number of aromatic amines is 1. The number of hydrogen-bond donors (Lipinski definition) is 1. The molecule has 2 aromatic heterocycles. The highest BCUT2D eigenvalue weighted by molar-refractivity contribution is 9.10. The highest BCUT2D eigenvalue weighted by Crippen LogP contribution is 2.11. The molecule has 0 aliphatic rings. The molecule has 0 spiro atoms. The number of hydrogen-bond acceptors (Lipinski definition) is 2. The second-order valence-electron chi connectivity index (χ2n) is 2.97. The Balaban J connectivity index is 2.60. The quantitative estimate of drug-likeness (QED) is 0.840. The van der Waals surface area contributed by atoms with Crippen molar-refractivity contribution in [2.45, 2.75) is 6.92 Å². The SMILES string of the molecule is Cc1cc(=O)n(-c2cncc(Br)c2)[nH]1. The van der Waals surface area contributed by atoms with Crippen LogP contribution >= 0.6 is 15.9 Å². The minimum absolute atomic E-state index is 0.0811. The number of aryl methyl sites for hydroxylation is 1. The lowest BCUT2D eigenvalue weighted by molar-refractivity contribution is 0.829. The van der Waals surface area contributed by atoms with Crippen molar-refractivity contribution in [1.29, 1.82) is 0 Å². The van der Waals surface area contributed by atoms with Crippen molar-refractivity contribution in [1.82, 2.24) is 14.8 Å². The van der Waals surface area contributed by atoms with Crippen LogP contribution in [0.25, 0.3) is 5.69 Å². The van der Waals surface area contributed by atoms with Gasteiger partial charge in [-0.1, -0.05) is 0 Å². The van der Waals surface area contributed by atoms with E-state index in [1.807, 2.05) is 13.0 Å². The number of aromatic nitrogens is 3. The molecule has 4 nitrogen and oxygen atoms in total. The molecule has 0 aliphatic heterocycles. The molecular weight excluding hydrogens is 246 g/mol. The van der Waals surface area contributed by atoms with Gasteiger partial charge in [-0.3, -0.25) is 14.9 Å². The van der Waals surface area contributed by atoms with Crippen molar-refractivity contribution in [3.05, 3.63) is 45.0 Å². The Morgan fingerprint density at radius 2 is 2.21 bits per heavy atom. The van der Waals surface area contributed by atoms with Crippen molar-refractivity contribution in [3.8, 4) is 5.69 Å². The predicted octanol–water partition coefficient (Wildman–Crippen LogP) is 1.63. The van der Waals surface area contributed by atoms with Gasteiger partial charge in [0.05, 0.1) is 11.9 Å². The van der Waals surface area contributed by atoms with Crippen LogP contribution < -0.4 is 5.56 Å². The standard InChI is InChI=1S/C9H8BrN3O/c1-6-2-9(14)13(12-6)8-3-7(10)4-11-5-8/h2-5,12H,1H3. The largest absolute Gasteiger partial charge is 0.295 e. The lowest BCUT2D eigenvalue weighted by atomic mass is 10.4. The monoisotopic (exact) mass is 253 g/mol. The molecule has 2 aromatic rings. The van der Waals surface area contributed by atoms with Gasteiger partial charge in [-0.05, 0) is 28.9 Å². The molecule has 14 heavy (non-hydrogen) atoms. The molecule has 0 saturated heterocycles. The van der Waals surface area contributed by atoms with E-state index in [0.717, 1.165) is 15.9 Å². The molecule has 2 heterocycles. The number of nitrogens with zero attached hydrogens (tertiary/aromatic N) is 2. The first-order valence-electron chi connectivity index (χ1n) is 4.06. The van der Waals surface area contributed by atoms with Crippen LogP contribution in [0.1, 0.15) is 5.69 Å². The van der Waals surface area contributed by atoms with Gasteiger partial charge in [-0.25, -0.2) is 4.68 Å². The summed E-state index contributed by atoms with van der Waals surface area (Å²) in [6.07, 6.45) is 3.30. The molecule has 0 saturated carbocycles. The molecule has 0 fully saturated rings. The fourth-order valence-corrected chi connectivity index (χ4v) is 1.58. The summed E-state index contributed by atoms with van der Waals surface area (Å²) in [6.45, 7) is 1.84. The zero-order valence-corrected chi connectivity index (χ0v) is 9.08. The molecule has 2 rings (SSSR count). The van der Waals surface area contributed by atoms with Gasteiger partial charge >= 0.3 is 0 Å². The molecule has 0 bridgehead atoms. The minimum Gasteiger partial charge on any atom is -0.295 e. The lowest BCUT2D eigenvalue weighted by Crippen LogP contribution is -2.13. The molecule has 1 N–H and O–H groups in total.